The first-order valence-electron chi connectivity index (χ1n) is 12.4. The van der Waals surface area contributed by atoms with Crippen molar-refractivity contribution >= 4 is 35.1 Å². The summed E-state index contributed by atoms with van der Waals surface area (Å²) in [5.41, 5.74) is 4.22. The summed E-state index contributed by atoms with van der Waals surface area (Å²) in [6, 6.07) is 14.3. The third-order valence-corrected chi connectivity index (χ3v) is 6.18. The zero-order valence-electron chi connectivity index (χ0n) is 22.1. The van der Waals surface area contributed by atoms with Crippen molar-refractivity contribution in [2.24, 2.45) is 22.4 Å². The number of hydrogen-bond donors (Lipinski definition) is 3. The van der Waals surface area contributed by atoms with Crippen LogP contribution in [0, 0.1) is 5.41 Å². The smallest absolute Gasteiger partial charge is 0.266 e. The molecule has 40 heavy (non-hydrogen) atoms. The Labute approximate surface area is 228 Å². The number of aromatic nitrogens is 6. The summed E-state index contributed by atoms with van der Waals surface area (Å²) in [4.78, 5) is 31.6. The second-order valence-corrected chi connectivity index (χ2v) is 8.82. The van der Waals surface area contributed by atoms with Gasteiger partial charge in [-0.1, -0.05) is 35.4 Å². The van der Waals surface area contributed by atoms with E-state index >= 15 is 0 Å². The molecule has 0 radical (unpaired) electrons. The average molecular weight is 536 g/mol. The molecule has 200 valence electrons. The van der Waals surface area contributed by atoms with E-state index in [1.165, 1.54) is 11.8 Å². The maximum atomic E-state index is 14.3. The number of rotatable bonds is 8. The van der Waals surface area contributed by atoms with Crippen LogP contribution in [0.15, 0.2) is 87.4 Å². The molecule has 5 rings (SSSR count). The van der Waals surface area contributed by atoms with Gasteiger partial charge in [-0.15, -0.1) is 0 Å². The number of aryl methyl sites for hydroxylation is 1. The fourth-order valence-electron chi connectivity index (χ4n) is 4.42. The first kappa shape index (κ1) is 26.2. The number of hydrogen-bond acceptors (Lipinski definition) is 9. The topological polar surface area (TPSA) is 168 Å². The van der Waals surface area contributed by atoms with Gasteiger partial charge in [-0.25, -0.2) is 25.4 Å². The first-order valence-corrected chi connectivity index (χ1v) is 12.4. The molecule has 3 aromatic heterocycles. The van der Waals surface area contributed by atoms with E-state index in [4.69, 9.17) is 10.4 Å². The lowest BCUT2D eigenvalue weighted by molar-refractivity contribution is -0.640. The highest BCUT2D eigenvalue weighted by Crippen LogP contribution is 2.30. The van der Waals surface area contributed by atoms with Crippen molar-refractivity contribution in [2.45, 2.75) is 13.0 Å². The van der Waals surface area contributed by atoms with Crippen LogP contribution in [0.1, 0.15) is 24.4 Å². The molecule has 0 saturated carbocycles. The normalized spacial score (nSPS) is 12.1. The van der Waals surface area contributed by atoms with Gasteiger partial charge in [0.2, 0.25) is 0 Å². The van der Waals surface area contributed by atoms with Gasteiger partial charge in [0.15, 0.2) is 11.7 Å². The van der Waals surface area contributed by atoms with E-state index < -0.39 is 6.04 Å². The predicted molar refractivity (Wildman–Crippen MR) is 152 cm³/mol. The Bertz CT molecular complexity index is 1810. The monoisotopic (exact) mass is 535 g/mol. The molecule has 0 spiro atoms. The van der Waals surface area contributed by atoms with Crippen molar-refractivity contribution in [1.82, 2.24) is 29.3 Å². The Kier molecular flexibility index (Phi) is 7.29. The molecule has 0 aliphatic rings. The maximum Gasteiger partial charge on any atom is 0.266 e. The highest BCUT2D eigenvalue weighted by molar-refractivity contribution is 6.04. The van der Waals surface area contributed by atoms with Crippen LogP contribution in [-0.2, 0) is 7.05 Å². The fraction of sp³-hybridized carbons (Fsp3) is 0.148. The van der Waals surface area contributed by atoms with Gasteiger partial charge in [-0.2, -0.15) is 5.10 Å². The number of benzene rings is 2. The number of nitrogens with zero attached hydrogens (tertiary/aromatic N) is 9. The highest BCUT2D eigenvalue weighted by atomic mass is 16.1. The molecule has 13 nitrogen and oxygen atoms in total. The van der Waals surface area contributed by atoms with Crippen LogP contribution in [0.4, 0.5) is 11.6 Å². The molecule has 0 aliphatic heterocycles. The van der Waals surface area contributed by atoms with Crippen molar-refractivity contribution < 1.29 is 5.43 Å². The minimum atomic E-state index is -0.548. The van der Waals surface area contributed by atoms with Crippen LogP contribution in [0.5, 0.6) is 0 Å². The van der Waals surface area contributed by atoms with E-state index in [-0.39, 0.29) is 28.6 Å². The van der Waals surface area contributed by atoms with E-state index in [1.807, 2.05) is 68.7 Å². The minimum absolute atomic E-state index is 0.179. The quantitative estimate of drug-likeness (QED) is 0.0907. The van der Waals surface area contributed by atoms with Crippen LogP contribution in [-0.4, -0.2) is 48.9 Å². The van der Waals surface area contributed by atoms with Gasteiger partial charge >= 0.3 is 0 Å². The van der Waals surface area contributed by atoms with Gasteiger partial charge in [0.25, 0.3) is 5.56 Å². The Hall–Kier alpha value is -5.43. The highest BCUT2D eigenvalue weighted by Gasteiger charge is 2.23. The predicted octanol–water partition coefficient (Wildman–Crippen LogP) is 2.97. The molecule has 0 amide bonds. The zero-order valence-corrected chi connectivity index (χ0v) is 22.1. The number of para-hydroxylation sites is 1. The second-order valence-electron chi connectivity index (χ2n) is 8.82. The fourth-order valence-corrected chi connectivity index (χ4v) is 4.42. The SMILES string of the molecule is C=Nc1ncnc(NC(C)c2nc3cccc(-c4cnn(C)c4)c3c(=O)n2-c2ccccc2)c1C(=N)N=N[NH2+]C. The molecule has 5 aromatic rings. The van der Waals surface area contributed by atoms with E-state index in [0.717, 1.165) is 11.1 Å². The molecule has 4 N–H and O–H groups in total. The third kappa shape index (κ3) is 4.88. The lowest BCUT2D eigenvalue weighted by Gasteiger charge is -2.21. The van der Waals surface area contributed by atoms with Gasteiger partial charge in [-0.05, 0) is 37.4 Å². The summed E-state index contributed by atoms with van der Waals surface area (Å²) in [6.07, 6.45) is 4.91. The molecule has 0 bridgehead atoms. The molecule has 1 atom stereocenters. The van der Waals surface area contributed by atoms with Crippen LogP contribution in [0.25, 0.3) is 27.7 Å². The van der Waals surface area contributed by atoms with Gasteiger partial charge in [0.05, 0.1) is 35.9 Å². The molecule has 13 heteroatoms. The molecule has 0 saturated heterocycles. The lowest BCUT2D eigenvalue weighted by atomic mass is 10.0. The van der Waals surface area contributed by atoms with Gasteiger partial charge in [0, 0.05) is 24.0 Å². The van der Waals surface area contributed by atoms with Gasteiger partial charge in [0.1, 0.15) is 23.5 Å². The number of nitrogens with two attached hydrogens (primary N) is 1. The van der Waals surface area contributed by atoms with Gasteiger partial charge < -0.3 is 5.32 Å². The molecule has 1 unspecified atom stereocenters. The zero-order chi connectivity index (χ0) is 28.2. The summed E-state index contributed by atoms with van der Waals surface area (Å²) in [7, 11) is 3.52. The third-order valence-electron chi connectivity index (χ3n) is 6.18. The second kappa shape index (κ2) is 11.1. The summed E-state index contributed by atoms with van der Waals surface area (Å²) >= 11 is 0. The van der Waals surface area contributed by atoms with Crippen molar-refractivity contribution in [3.8, 4) is 16.8 Å². The van der Waals surface area contributed by atoms with Crippen molar-refractivity contribution in [3.05, 3.63) is 89.0 Å². The Morgan fingerprint density at radius 2 is 1.95 bits per heavy atom. The molecule has 3 heterocycles. The van der Waals surface area contributed by atoms with E-state index in [2.05, 4.69) is 42.4 Å². The summed E-state index contributed by atoms with van der Waals surface area (Å²) in [5, 5.41) is 24.2. The first-order chi connectivity index (χ1) is 19.4. The van der Waals surface area contributed by atoms with E-state index in [0.29, 0.717) is 22.4 Å². The van der Waals surface area contributed by atoms with Gasteiger partial charge in [-0.3, -0.25) is 19.5 Å². The molecular weight excluding hydrogens is 508 g/mol. The van der Waals surface area contributed by atoms with Crippen LogP contribution < -0.4 is 16.3 Å². The summed E-state index contributed by atoms with van der Waals surface area (Å²) < 4.78 is 3.28. The molecular formula is C27H27N12O+. The van der Waals surface area contributed by atoms with Crippen LogP contribution in [0.2, 0.25) is 0 Å². The number of aliphatic imine (C=N–C) groups is 1. The maximum absolute atomic E-state index is 14.3. The number of fused-ring (bicyclic) bond motifs is 1. The molecule has 2 aromatic carbocycles. The van der Waals surface area contributed by atoms with E-state index in [9.17, 15) is 4.79 Å². The largest absolute Gasteiger partial charge is 0.360 e. The van der Waals surface area contributed by atoms with Crippen LogP contribution >= 0.6 is 0 Å². The standard InChI is InChI=1S/C27H26N12O/c1-16(34-25-22(23(28)36-37-30-3)24(29-2)31-15-32-25)26-35-20-12-8-11-19(17-13-33-38(4)14-17)21(20)27(40)39(26)18-9-6-5-7-10-18/h5-16H,2H2,1,3-4H3,(H2,28,30,36)(H,31,32,34)/p+1. The Balaban J connectivity index is 1.70. The van der Waals surface area contributed by atoms with E-state index in [1.54, 1.807) is 22.5 Å². The number of quaternary nitrogens is 1. The Morgan fingerprint density at radius 3 is 2.65 bits per heavy atom. The van der Waals surface area contributed by atoms with Crippen molar-refractivity contribution in [3.63, 3.8) is 0 Å². The minimum Gasteiger partial charge on any atom is -0.360 e. The van der Waals surface area contributed by atoms with Crippen LogP contribution in [0.3, 0.4) is 0 Å². The molecule has 0 aliphatic carbocycles. The number of anilines is 1. The Morgan fingerprint density at radius 1 is 1.15 bits per heavy atom. The molecule has 0 fully saturated rings. The number of nitrogens with one attached hydrogen (secondary N) is 2. The van der Waals surface area contributed by atoms with Crippen molar-refractivity contribution in [1.29, 1.82) is 5.41 Å². The lowest BCUT2D eigenvalue weighted by Crippen LogP contribution is -2.72. The average Bonchev–Trinajstić information content (AvgIpc) is 3.41. The summed E-state index contributed by atoms with van der Waals surface area (Å²) in [5.74, 6) is 0.712. The number of amidine groups is 1. The van der Waals surface area contributed by atoms with Crippen molar-refractivity contribution in [2.75, 3.05) is 12.4 Å². The summed E-state index contributed by atoms with van der Waals surface area (Å²) in [6.45, 7) is 5.42.